The van der Waals surface area contributed by atoms with Gasteiger partial charge in [0.1, 0.15) is 5.60 Å². The van der Waals surface area contributed by atoms with Crippen molar-refractivity contribution in [2.75, 3.05) is 13.2 Å². The lowest BCUT2D eigenvalue weighted by Gasteiger charge is -2.23. The van der Waals surface area contributed by atoms with Crippen LogP contribution in [0, 0.1) is 0 Å². The summed E-state index contributed by atoms with van der Waals surface area (Å²) in [6.07, 6.45) is 0.981. The normalized spacial score (nSPS) is 13.3. The molecule has 2 aromatic rings. The molecule has 0 saturated heterocycles. The monoisotopic (exact) mass is 323 g/mol. The first kappa shape index (κ1) is 16.9. The minimum Gasteiger partial charge on any atom is -0.366 e. The zero-order valence-corrected chi connectivity index (χ0v) is 13.9. The number of rotatable bonds is 8. The van der Waals surface area contributed by atoms with E-state index in [9.17, 15) is 0 Å². The molecule has 0 aliphatic heterocycles. The molecule has 120 valence electrons. The van der Waals surface area contributed by atoms with Crippen LogP contribution in [0.5, 0.6) is 0 Å². The SMILES string of the molecule is CCC(NCCOC(C)(C)c1nn[nH]n1)c1cccc(Cl)c1. The summed E-state index contributed by atoms with van der Waals surface area (Å²) >= 11 is 6.05. The number of aromatic nitrogens is 4. The highest BCUT2D eigenvalue weighted by Gasteiger charge is 2.26. The number of tetrazole rings is 1. The molecule has 0 radical (unpaired) electrons. The molecule has 1 unspecified atom stereocenters. The van der Waals surface area contributed by atoms with Gasteiger partial charge in [0.15, 0.2) is 0 Å². The minimum atomic E-state index is -0.563. The largest absolute Gasteiger partial charge is 0.366 e. The molecule has 1 aromatic carbocycles. The fraction of sp³-hybridized carbons (Fsp3) is 0.533. The van der Waals surface area contributed by atoms with Crippen LogP contribution in [0.15, 0.2) is 24.3 Å². The van der Waals surface area contributed by atoms with E-state index in [-0.39, 0.29) is 6.04 Å². The Balaban J connectivity index is 1.82. The summed E-state index contributed by atoms with van der Waals surface area (Å²) in [4.78, 5) is 0. The highest BCUT2D eigenvalue weighted by molar-refractivity contribution is 6.30. The van der Waals surface area contributed by atoms with Crippen LogP contribution in [0.25, 0.3) is 0 Å². The number of halogens is 1. The Bertz CT molecular complexity index is 573. The maximum Gasteiger partial charge on any atom is 0.205 e. The van der Waals surface area contributed by atoms with Crippen LogP contribution < -0.4 is 5.32 Å². The highest BCUT2D eigenvalue weighted by Crippen LogP contribution is 2.21. The lowest BCUT2D eigenvalue weighted by Crippen LogP contribution is -2.30. The molecule has 0 aliphatic rings. The van der Waals surface area contributed by atoms with Crippen LogP contribution in [-0.4, -0.2) is 33.8 Å². The van der Waals surface area contributed by atoms with Crippen molar-refractivity contribution in [3.05, 3.63) is 40.7 Å². The molecule has 0 amide bonds. The standard InChI is InChI=1S/C15H22ClN5O/c1-4-13(11-6-5-7-12(16)10-11)17-8-9-22-15(2,3)14-18-20-21-19-14/h5-7,10,13,17H,4,8-9H2,1-3H3,(H,18,19,20,21). The summed E-state index contributed by atoms with van der Waals surface area (Å²) in [7, 11) is 0. The first-order valence-corrected chi connectivity index (χ1v) is 7.77. The Hall–Kier alpha value is -1.50. The van der Waals surface area contributed by atoms with E-state index in [4.69, 9.17) is 16.3 Å². The number of nitrogens with zero attached hydrogens (tertiary/aromatic N) is 3. The second-order valence-corrected chi connectivity index (χ2v) is 6.00. The number of aromatic amines is 1. The van der Waals surface area contributed by atoms with Crippen LogP contribution in [-0.2, 0) is 10.3 Å². The van der Waals surface area contributed by atoms with Gasteiger partial charge in [-0.2, -0.15) is 5.21 Å². The lowest BCUT2D eigenvalue weighted by molar-refractivity contribution is -0.0269. The highest BCUT2D eigenvalue weighted by atomic mass is 35.5. The van der Waals surface area contributed by atoms with E-state index in [1.807, 2.05) is 32.0 Å². The van der Waals surface area contributed by atoms with Crippen LogP contribution in [0.4, 0.5) is 0 Å². The number of hydrogen-bond acceptors (Lipinski definition) is 5. The predicted molar refractivity (Wildman–Crippen MR) is 85.6 cm³/mol. The van der Waals surface area contributed by atoms with E-state index in [1.165, 1.54) is 5.56 Å². The van der Waals surface area contributed by atoms with Gasteiger partial charge in [-0.05, 0) is 38.0 Å². The molecule has 2 N–H and O–H groups in total. The smallest absolute Gasteiger partial charge is 0.205 e. The molecule has 0 bridgehead atoms. The van der Waals surface area contributed by atoms with Crippen molar-refractivity contribution in [3.63, 3.8) is 0 Å². The van der Waals surface area contributed by atoms with Crippen molar-refractivity contribution in [1.82, 2.24) is 25.9 Å². The van der Waals surface area contributed by atoms with Gasteiger partial charge in [0.25, 0.3) is 0 Å². The van der Waals surface area contributed by atoms with Crippen molar-refractivity contribution in [3.8, 4) is 0 Å². The maximum absolute atomic E-state index is 6.05. The minimum absolute atomic E-state index is 0.260. The maximum atomic E-state index is 6.05. The molecule has 6 nitrogen and oxygen atoms in total. The Kier molecular flexibility index (Phi) is 5.88. The van der Waals surface area contributed by atoms with Crippen molar-refractivity contribution >= 4 is 11.6 Å². The molecule has 1 atom stereocenters. The van der Waals surface area contributed by atoms with E-state index < -0.39 is 5.60 Å². The van der Waals surface area contributed by atoms with E-state index in [0.717, 1.165) is 18.0 Å². The molecule has 0 saturated carbocycles. The van der Waals surface area contributed by atoms with Crippen molar-refractivity contribution in [2.24, 2.45) is 0 Å². The predicted octanol–water partition coefficient (Wildman–Crippen LogP) is 2.85. The summed E-state index contributed by atoms with van der Waals surface area (Å²) in [5.74, 6) is 0.550. The molecule has 1 heterocycles. The van der Waals surface area contributed by atoms with E-state index in [2.05, 4.69) is 38.9 Å². The first-order chi connectivity index (χ1) is 10.5. The third-order valence-electron chi connectivity index (χ3n) is 3.50. The molecule has 7 heteroatoms. The Morgan fingerprint density at radius 2 is 2.23 bits per heavy atom. The topological polar surface area (TPSA) is 75.7 Å². The van der Waals surface area contributed by atoms with Crippen LogP contribution in [0.3, 0.4) is 0 Å². The zero-order chi connectivity index (χ0) is 16.0. The zero-order valence-electron chi connectivity index (χ0n) is 13.1. The summed E-state index contributed by atoms with van der Waals surface area (Å²) < 4.78 is 5.85. The van der Waals surface area contributed by atoms with Gasteiger partial charge in [-0.25, -0.2) is 0 Å². The van der Waals surface area contributed by atoms with Crippen molar-refractivity contribution in [2.45, 2.75) is 38.8 Å². The molecule has 0 fully saturated rings. The number of benzene rings is 1. The number of hydrogen-bond donors (Lipinski definition) is 2. The molecule has 0 aliphatic carbocycles. The van der Waals surface area contributed by atoms with Crippen molar-refractivity contribution in [1.29, 1.82) is 0 Å². The molecule has 0 spiro atoms. The summed E-state index contributed by atoms with van der Waals surface area (Å²) in [5, 5.41) is 18.2. The molecule has 22 heavy (non-hydrogen) atoms. The fourth-order valence-corrected chi connectivity index (χ4v) is 2.44. The summed E-state index contributed by atoms with van der Waals surface area (Å²) in [5.41, 5.74) is 0.624. The van der Waals surface area contributed by atoms with E-state index in [1.54, 1.807) is 0 Å². The third-order valence-corrected chi connectivity index (χ3v) is 3.73. The number of H-pyrrole nitrogens is 1. The van der Waals surface area contributed by atoms with E-state index >= 15 is 0 Å². The Morgan fingerprint density at radius 3 is 2.86 bits per heavy atom. The van der Waals surface area contributed by atoms with Crippen LogP contribution in [0.2, 0.25) is 5.02 Å². The molecule has 1 aromatic heterocycles. The summed E-state index contributed by atoms with van der Waals surface area (Å²) in [6, 6.07) is 8.19. The average Bonchev–Trinajstić information content (AvgIpc) is 3.02. The average molecular weight is 324 g/mol. The van der Waals surface area contributed by atoms with Gasteiger partial charge in [0, 0.05) is 17.6 Å². The van der Waals surface area contributed by atoms with Gasteiger partial charge < -0.3 is 10.1 Å². The Labute approximate surface area is 135 Å². The number of nitrogens with one attached hydrogen (secondary N) is 2. The van der Waals surface area contributed by atoms with Crippen LogP contribution in [0.1, 0.15) is 44.6 Å². The second kappa shape index (κ2) is 7.67. The Morgan fingerprint density at radius 1 is 1.41 bits per heavy atom. The van der Waals surface area contributed by atoms with Crippen LogP contribution >= 0.6 is 11.6 Å². The fourth-order valence-electron chi connectivity index (χ4n) is 2.24. The molecular weight excluding hydrogens is 302 g/mol. The molecule has 2 rings (SSSR count). The second-order valence-electron chi connectivity index (χ2n) is 5.56. The van der Waals surface area contributed by atoms with Gasteiger partial charge in [0.05, 0.1) is 6.61 Å². The van der Waals surface area contributed by atoms with Gasteiger partial charge >= 0.3 is 0 Å². The third kappa shape index (κ3) is 4.50. The molecular formula is C15H22ClN5O. The summed E-state index contributed by atoms with van der Waals surface area (Å²) in [6.45, 7) is 7.27. The van der Waals surface area contributed by atoms with Gasteiger partial charge in [-0.1, -0.05) is 35.9 Å². The lowest BCUT2D eigenvalue weighted by atomic mass is 10.0. The van der Waals surface area contributed by atoms with E-state index in [0.29, 0.717) is 12.4 Å². The number of ether oxygens (including phenoxy) is 1. The first-order valence-electron chi connectivity index (χ1n) is 7.39. The van der Waals surface area contributed by atoms with Gasteiger partial charge in [-0.3, -0.25) is 0 Å². The quantitative estimate of drug-likeness (QED) is 0.731. The van der Waals surface area contributed by atoms with Crippen molar-refractivity contribution < 1.29 is 4.74 Å². The van der Waals surface area contributed by atoms with Gasteiger partial charge in [-0.15, -0.1) is 10.2 Å². The van der Waals surface area contributed by atoms with Gasteiger partial charge in [0.2, 0.25) is 5.82 Å².